The monoisotopic (exact) mass is 401 g/mol. The molecule has 1 aromatic heterocycles. The Labute approximate surface area is 168 Å². The van der Waals surface area contributed by atoms with Gasteiger partial charge in [-0.3, -0.25) is 9.88 Å². The zero-order valence-electron chi connectivity index (χ0n) is 16.4. The zero-order valence-corrected chi connectivity index (χ0v) is 16.4. The number of methoxy groups -OCH3 is 1. The standard InChI is InChI=1S/C20H24FN5O3/c1-14-12-25(9-10-26(14)20(28)29-2)13-15-5-3-7-17(18(15)21)24-19(27)23-16-6-4-8-22-11-16/h3-8,11,14H,9-10,12-13H2,1-2H3,(H2,23,24,27)/t14-/m1/s1. The molecule has 1 aromatic carbocycles. The molecule has 0 radical (unpaired) electrons. The first-order chi connectivity index (χ1) is 14.0. The fourth-order valence-corrected chi connectivity index (χ4v) is 3.33. The first-order valence-electron chi connectivity index (χ1n) is 9.30. The minimum atomic E-state index is -0.547. The smallest absolute Gasteiger partial charge is 0.409 e. The summed E-state index contributed by atoms with van der Waals surface area (Å²) in [6, 6.07) is 7.70. The van der Waals surface area contributed by atoms with Crippen LogP contribution in [0.4, 0.5) is 25.4 Å². The van der Waals surface area contributed by atoms with Crippen LogP contribution in [0.5, 0.6) is 0 Å². The number of halogens is 1. The van der Waals surface area contributed by atoms with Crippen molar-refractivity contribution in [1.29, 1.82) is 0 Å². The molecule has 2 aromatic rings. The number of ether oxygens (including phenoxy) is 1. The van der Waals surface area contributed by atoms with Crippen molar-refractivity contribution in [3.63, 3.8) is 0 Å². The van der Waals surface area contributed by atoms with E-state index in [1.807, 2.05) is 6.92 Å². The number of amides is 3. The predicted molar refractivity (Wildman–Crippen MR) is 107 cm³/mol. The summed E-state index contributed by atoms with van der Waals surface area (Å²) >= 11 is 0. The lowest BCUT2D eigenvalue weighted by Gasteiger charge is -2.39. The lowest BCUT2D eigenvalue weighted by molar-refractivity contribution is 0.0601. The second kappa shape index (κ2) is 9.33. The summed E-state index contributed by atoms with van der Waals surface area (Å²) in [5.74, 6) is -0.475. The summed E-state index contributed by atoms with van der Waals surface area (Å²) < 4.78 is 19.7. The maximum Gasteiger partial charge on any atom is 0.409 e. The lowest BCUT2D eigenvalue weighted by atomic mass is 10.1. The van der Waals surface area contributed by atoms with Gasteiger partial charge >= 0.3 is 12.1 Å². The van der Waals surface area contributed by atoms with Crippen molar-refractivity contribution >= 4 is 23.5 Å². The van der Waals surface area contributed by atoms with Crippen LogP contribution in [0.1, 0.15) is 12.5 Å². The van der Waals surface area contributed by atoms with Gasteiger partial charge in [-0.05, 0) is 25.1 Å². The Morgan fingerprint density at radius 3 is 2.76 bits per heavy atom. The van der Waals surface area contributed by atoms with E-state index in [2.05, 4.69) is 20.5 Å². The molecule has 154 valence electrons. The highest BCUT2D eigenvalue weighted by atomic mass is 19.1. The van der Waals surface area contributed by atoms with Crippen LogP contribution < -0.4 is 10.6 Å². The molecule has 0 bridgehead atoms. The van der Waals surface area contributed by atoms with E-state index in [1.165, 1.54) is 19.4 Å². The number of rotatable bonds is 4. The summed E-state index contributed by atoms with van der Waals surface area (Å²) in [7, 11) is 1.36. The summed E-state index contributed by atoms with van der Waals surface area (Å²) in [4.78, 5) is 31.5. The van der Waals surface area contributed by atoms with Crippen LogP contribution in [0, 0.1) is 5.82 Å². The molecule has 1 saturated heterocycles. The number of urea groups is 1. The van der Waals surface area contributed by atoms with E-state index in [-0.39, 0.29) is 17.8 Å². The largest absolute Gasteiger partial charge is 0.453 e. The minimum absolute atomic E-state index is 0.0363. The second-order valence-electron chi connectivity index (χ2n) is 6.85. The van der Waals surface area contributed by atoms with Crippen molar-refractivity contribution in [2.75, 3.05) is 37.4 Å². The van der Waals surface area contributed by atoms with Gasteiger partial charge in [-0.25, -0.2) is 14.0 Å². The number of anilines is 2. The van der Waals surface area contributed by atoms with Crippen LogP contribution >= 0.6 is 0 Å². The SMILES string of the molecule is COC(=O)N1CCN(Cc2cccc(NC(=O)Nc3cccnc3)c2F)C[C@H]1C. The van der Waals surface area contributed by atoms with Crippen molar-refractivity contribution in [3.8, 4) is 0 Å². The quantitative estimate of drug-likeness (QED) is 0.822. The number of benzene rings is 1. The molecule has 0 spiro atoms. The van der Waals surface area contributed by atoms with Crippen molar-refractivity contribution in [2.24, 2.45) is 0 Å². The third-order valence-corrected chi connectivity index (χ3v) is 4.76. The number of carbonyl (C=O) groups is 2. The normalized spacial score (nSPS) is 16.9. The van der Waals surface area contributed by atoms with Gasteiger partial charge in [0, 0.05) is 44.0 Å². The van der Waals surface area contributed by atoms with Gasteiger partial charge in [0.1, 0.15) is 0 Å². The number of hydrogen-bond acceptors (Lipinski definition) is 5. The van der Waals surface area contributed by atoms with Crippen LogP contribution in [0.25, 0.3) is 0 Å². The third kappa shape index (κ3) is 5.20. The van der Waals surface area contributed by atoms with Crippen LogP contribution in [0.3, 0.4) is 0 Å². The van der Waals surface area contributed by atoms with Crippen molar-refractivity contribution in [1.82, 2.24) is 14.8 Å². The Bertz CT molecular complexity index is 864. The second-order valence-corrected chi connectivity index (χ2v) is 6.85. The molecule has 0 unspecified atom stereocenters. The van der Waals surface area contributed by atoms with Crippen molar-refractivity contribution in [3.05, 3.63) is 54.1 Å². The molecule has 0 saturated carbocycles. The number of carbonyl (C=O) groups excluding carboxylic acids is 2. The number of aromatic nitrogens is 1. The number of nitrogens with one attached hydrogen (secondary N) is 2. The van der Waals surface area contributed by atoms with E-state index in [9.17, 15) is 14.0 Å². The van der Waals surface area contributed by atoms with E-state index in [1.54, 1.807) is 35.4 Å². The summed E-state index contributed by atoms with van der Waals surface area (Å²) in [6.45, 7) is 4.04. The first kappa shape index (κ1) is 20.5. The molecular formula is C20H24FN5O3. The molecule has 2 N–H and O–H groups in total. The molecule has 9 heteroatoms. The van der Waals surface area contributed by atoms with Crippen LogP contribution in [0.2, 0.25) is 0 Å². The fourth-order valence-electron chi connectivity index (χ4n) is 3.33. The molecule has 0 aliphatic carbocycles. The molecule has 3 rings (SSSR count). The average Bonchev–Trinajstić information content (AvgIpc) is 2.71. The predicted octanol–water partition coefficient (Wildman–Crippen LogP) is 3.14. The van der Waals surface area contributed by atoms with Crippen LogP contribution in [-0.2, 0) is 11.3 Å². The molecular weight excluding hydrogens is 377 g/mol. The lowest BCUT2D eigenvalue weighted by Crippen LogP contribution is -2.53. The average molecular weight is 401 g/mol. The molecule has 1 atom stereocenters. The highest BCUT2D eigenvalue weighted by Crippen LogP contribution is 2.21. The van der Waals surface area contributed by atoms with Gasteiger partial charge in [0.15, 0.2) is 5.82 Å². The maximum absolute atomic E-state index is 14.9. The van der Waals surface area contributed by atoms with Gasteiger partial charge in [-0.15, -0.1) is 0 Å². The molecule has 1 aliphatic heterocycles. The van der Waals surface area contributed by atoms with Gasteiger partial charge < -0.3 is 20.3 Å². The number of hydrogen-bond donors (Lipinski definition) is 2. The highest BCUT2D eigenvalue weighted by Gasteiger charge is 2.28. The first-order valence-corrected chi connectivity index (χ1v) is 9.30. The van der Waals surface area contributed by atoms with Gasteiger partial charge in [0.2, 0.25) is 0 Å². The third-order valence-electron chi connectivity index (χ3n) is 4.76. The Morgan fingerprint density at radius 1 is 1.24 bits per heavy atom. The topological polar surface area (TPSA) is 86.8 Å². The van der Waals surface area contributed by atoms with Gasteiger partial charge in [-0.2, -0.15) is 0 Å². The molecule has 3 amide bonds. The minimum Gasteiger partial charge on any atom is -0.453 e. The van der Waals surface area contributed by atoms with E-state index in [0.29, 0.717) is 37.4 Å². The van der Waals surface area contributed by atoms with Crippen molar-refractivity contribution < 1.29 is 18.7 Å². The van der Waals surface area contributed by atoms with E-state index < -0.39 is 11.8 Å². The van der Waals surface area contributed by atoms with E-state index >= 15 is 0 Å². The summed E-state index contributed by atoms with van der Waals surface area (Å²) in [5.41, 5.74) is 1.09. The van der Waals surface area contributed by atoms with Gasteiger partial charge in [-0.1, -0.05) is 12.1 Å². The zero-order chi connectivity index (χ0) is 20.8. The highest BCUT2D eigenvalue weighted by molar-refractivity contribution is 5.99. The Balaban J connectivity index is 1.62. The number of pyridine rings is 1. The molecule has 1 aliphatic rings. The fraction of sp³-hybridized carbons (Fsp3) is 0.350. The van der Waals surface area contributed by atoms with Crippen molar-refractivity contribution in [2.45, 2.75) is 19.5 Å². The van der Waals surface area contributed by atoms with Gasteiger partial charge in [0.25, 0.3) is 0 Å². The van der Waals surface area contributed by atoms with Crippen LogP contribution in [0.15, 0.2) is 42.7 Å². The Kier molecular flexibility index (Phi) is 6.61. The van der Waals surface area contributed by atoms with E-state index in [4.69, 9.17) is 4.74 Å². The number of piperazine rings is 1. The summed E-state index contributed by atoms with van der Waals surface area (Å²) in [6.07, 6.45) is 2.74. The Morgan fingerprint density at radius 2 is 2.07 bits per heavy atom. The van der Waals surface area contributed by atoms with Gasteiger partial charge in [0.05, 0.1) is 24.7 Å². The number of nitrogens with zero attached hydrogens (tertiary/aromatic N) is 3. The summed E-state index contributed by atoms with van der Waals surface area (Å²) in [5, 5.41) is 5.14. The molecule has 8 nitrogen and oxygen atoms in total. The van der Waals surface area contributed by atoms with E-state index in [0.717, 1.165) is 0 Å². The maximum atomic E-state index is 14.9. The Hall–Kier alpha value is -3.20. The molecule has 29 heavy (non-hydrogen) atoms. The van der Waals surface area contributed by atoms with Crippen LogP contribution in [-0.4, -0.2) is 59.7 Å². The molecule has 1 fully saturated rings. The molecule has 2 heterocycles.